The standard InChI is InChI=1S/C26H22N2.C9H20O2.Ir/c1-17-10-18(2)13-22(12-17)25-26(23-14-19(3)11-20(4)15-23)28-24(16-27-25)21-8-6-5-7-9-21;1-6(2)8(10)5-9(11)7(3)4;/h5-12,14-15H,1-4H3;6-11H,5H2,1-4H3;/q-2;;. The molecule has 1 aromatic heterocycles. The average Bonchev–Trinajstić information content (AvgIpc) is 2.88. The maximum atomic E-state index is 9.39. The molecule has 2 N–H and O–H groups in total. The molecular formula is C35H42IrN2O2-2. The fraction of sp³-hybridized carbons (Fsp3) is 0.371. The van der Waals surface area contributed by atoms with E-state index in [4.69, 9.17) is 9.97 Å². The minimum Gasteiger partial charge on any atom is -0.393 e. The zero-order chi connectivity index (χ0) is 28.7. The summed E-state index contributed by atoms with van der Waals surface area (Å²) in [4.78, 5) is 9.72. The Morgan fingerprint density at radius 3 is 1.77 bits per heavy atom. The quantitative estimate of drug-likeness (QED) is 0.193. The van der Waals surface area contributed by atoms with Crippen LogP contribution in [0.2, 0.25) is 0 Å². The van der Waals surface area contributed by atoms with Gasteiger partial charge in [-0.3, -0.25) is 4.98 Å². The van der Waals surface area contributed by atoms with Gasteiger partial charge in [0.25, 0.3) is 0 Å². The van der Waals surface area contributed by atoms with Gasteiger partial charge < -0.3 is 15.2 Å². The van der Waals surface area contributed by atoms with E-state index < -0.39 is 0 Å². The van der Waals surface area contributed by atoms with Crippen molar-refractivity contribution in [3.05, 3.63) is 95.2 Å². The van der Waals surface area contributed by atoms with Crippen molar-refractivity contribution in [3.8, 4) is 33.8 Å². The molecule has 0 amide bonds. The average molecular weight is 715 g/mol. The van der Waals surface area contributed by atoms with E-state index >= 15 is 0 Å². The van der Waals surface area contributed by atoms with Crippen LogP contribution in [0.1, 0.15) is 56.4 Å². The summed E-state index contributed by atoms with van der Waals surface area (Å²) in [7, 11) is 0. The van der Waals surface area contributed by atoms with Crippen LogP contribution in [0.15, 0.2) is 60.7 Å². The summed E-state index contributed by atoms with van der Waals surface area (Å²) >= 11 is 0. The van der Waals surface area contributed by atoms with E-state index in [1.54, 1.807) is 0 Å². The summed E-state index contributed by atoms with van der Waals surface area (Å²) in [6.45, 7) is 16.2. The number of aromatic nitrogens is 2. The maximum absolute atomic E-state index is 9.39. The zero-order valence-electron chi connectivity index (χ0n) is 24.9. The van der Waals surface area contributed by atoms with Crippen LogP contribution in [0.4, 0.5) is 0 Å². The normalized spacial score (nSPS) is 12.4. The van der Waals surface area contributed by atoms with E-state index in [0.29, 0.717) is 6.42 Å². The first-order chi connectivity index (χ1) is 18.4. The van der Waals surface area contributed by atoms with Crippen LogP contribution in [-0.4, -0.2) is 32.4 Å². The van der Waals surface area contributed by atoms with Gasteiger partial charge in [0.05, 0.1) is 12.2 Å². The summed E-state index contributed by atoms with van der Waals surface area (Å²) in [5, 5.41) is 18.8. The van der Waals surface area contributed by atoms with Gasteiger partial charge in [0.2, 0.25) is 0 Å². The van der Waals surface area contributed by atoms with E-state index in [9.17, 15) is 10.2 Å². The van der Waals surface area contributed by atoms with E-state index in [0.717, 1.165) is 39.3 Å². The third-order valence-corrected chi connectivity index (χ3v) is 6.69. The van der Waals surface area contributed by atoms with Crippen LogP contribution in [0.25, 0.3) is 33.8 Å². The van der Waals surface area contributed by atoms with Crippen LogP contribution < -0.4 is 0 Å². The third-order valence-electron chi connectivity index (χ3n) is 6.69. The van der Waals surface area contributed by atoms with E-state index in [1.807, 2.05) is 58.0 Å². The molecule has 0 aliphatic heterocycles. The summed E-state index contributed by atoms with van der Waals surface area (Å²) in [6, 6.07) is 24.3. The Hall–Kier alpha value is -2.69. The number of aliphatic hydroxyl groups excluding tert-OH is 2. The molecule has 0 spiro atoms. The van der Waals surface area contributed by atoms with Crippen molar-refractivity contribution in [1.82, 2.24) is 9.97 Å². The monoisotopic (exact) mass is 715 g/mol. The van der Waals surface area contributed by atoms with Gasteiger partial charge in [-0.15, -0.1) is 47.0 Å². The minimum absolute atomic E-state index is 0. The molecule has 1 radical (unpaired) electrons. The molecule has 0 bridgehead atoms. The van der Waals surface area contributed by atoms with Gasteiger partial charge >= 0.3 is 0 Å². The first-order valence-corrected chi connectivity index (χ1v) is 13.8. The molecule has 3 aromatic carbocycles. The number of nitrogens with zero attached hydrogens (tertiary/aromatic N) is 2. The van der Waals surface area contributed by atoms with Gasteiger partial charge in [-0.1, -0.05) is 101 Å². The number of benzene rings is 3. The number of rotatable bonds is 7. The first kappa shape index (κ1) is 33.5. The van der Waals surface area contributed by atoms with Crippen molar-refractivity contribution in [2.45, 2.75) is 74.0 Å². The molecule has 0 saturated heterocycles. The number of hydrogen-bond acceptors (Lipinski definition) is 4. The smallest absolute Gasteiger partial charge is 0.0587 e. The van der Waals surface area contributed by atoms with Crippen molar-refractivity contribution < 1.29 is 30.3 Å². The molecule has 4 aromatic rings. The molecule has 5 heteroatoms. The van der Waals surface area contributed by atoms with Crippen molar-refractivity contribution in [2.75, 3.05) is 0 Å². The Kier molecular flexibility index (Phi) is 12.9. The second-order valence-corrected chi connectivity index (χ2v) is 11.2. The predicted molar refractivity (Wildman–Crippen MR) is 161 cm³/mol. The van der Waals surface area contributed by atoms with Gasteiger partial charge in [-0.25, -0.2) is 0 Å². The van der Waals surface area contributed by atoms with Gasteiger partial charge in [0.1, 0.15) is 0 Å². The van der Waals surface area contributed by atoms with E-state index in [-0.39, 0.29) is 44.1 Å². The summed E-state index contributed by atoms with van der Waals surface area (Å²) in [5.74, 6) is 0.479. The van der Waals surface area contributed by atoms with Gasteiger partial charge in [-0.05, 0) is 49.1 Å². The summed E-state index contributed by atoms with van der Waals surface area (Å²) in [5.41, 5.74) is 10.2. The predicted octanol–water partition coefficient (Wildman–Crippen LogP) is 7.72. The summed E-state index contributed by atoms with van der Waals surface area (Å²) in [6.07, 6.45) is 2.91. The Balaban J connectivity index is 0.000000400. The molecule has 40 heavy (non-hydrogen) atoms. The van der Waals surface area contributed by atoms with Crippen molar-refractivity contribution in [1.29, 1.82) is 0 Å². The van der Waals surface area contributed by atoms with Crippen LogP contribution >= 0.6 is 0 Å². The Labute approximate surface area is 254 Å². The molecule has 2 atom stereocenters. The van der Waals surface area contributed by atoms with Crippen LogP contribution in [0.3, 0.4) is 0 Å². The maximum Gasteiger partial charge on any atom is 0.0587 e. The van der Waals surface area contributed by atoms with Gasteiger partial charge in [0, 0.05) is 25.8 Å². The van der Waals surface area contributed by atoms with Crippen LogP contribution in [0, 0.1) is 51.8 Å². The zero-order valence-corrected chi connectivity index (χ0v) is 27.3. The number of aliphatic hydroxyl groups is 2. The van der Waals surface area contributed by atoms with Crippen LogP contribution in [-0.2, 0) is 20.1 Å². The topological polar surface area (TPSA) is 66.2 Å². The number of hydrogen-bond donors (Lipinski definition) is 2. The van der Waals surface area contributed by atoms with Crippen molar-refractivity contribution in [2.24, 2.45) is 11.8 Å². The molecule has 0 saturated carbocycles. The van der Waals surface area contributed by atoms with Crippen molar-refractivity contribution >= 4 is 0 Å². The largest absolute Gasteiger partial charge is 0.393 e. The van der Waals surface area contributed by atoms with E-state index in [2.05, 4.69) is 70.3 Å². The van der Waals surface area contributed by atoms with E-state index in [1.165, 1.54) is 16.7 Å². The SMILES string of the molecule is CC(C)C(O)CC(O)C(C)C.Cc1[c-]c(-c2n[c-]c(-c3ccccc3)nc2-c2cc(C)cc(C)c2)cc(C)c1.[Ir]. The third kappa shape index (κ3) is 9.45. The number of aryl methyl sites for hydroxylation is 4. The molecule has 2 unspecified atom stereocenters. The van der Waals surface area contributed by atoms with Crippen LogP contribution in [0.5, 0.6) is 0 Å². The fourth-order valence-corrected chi connectivity index (χ4v) is 4.39. The Morgan fingerprint density at radius 1 is 0.700 bits per heavy atom. The summed E-state index contributed by atoms with van der Waals surface area (Å²) < 4.78 is 0. The Bertz CT molecular complexity index is 1320. The Morgan fingerprint density at radius 2 is 1.25 bits per heavy atom. The fourth-order valence-electron chi connectivity index (χ4n) is 4.39. The molecule has 0 fully saturated rings. The second kappa shape index (κ2) is 15.3. The molecule has 4 rings (SSSR count). The minimum atomic E-state index is -0.368. The van der Waals surface area contributed by atoms with Gasteiger partial charge in [0.15, 0.2) is 0 Å². The molecule has 4 nitrogen and oxygen atoms in total. The molecule has 0 aliphatic rings. The van der Waals surface area contributed by atoms with Crippen molar-refractivity contribution in [3.63, 3.8) is 0 Å². The molecule has 1 heterocycles. The molecule has 0 aliphatic carbocycles. The molecule has 215 valence electrons. The van der Waals surface area contributed by atoms with Gasteiger partial charge in [-0.2, -0.15) is 0 Å². The molecular weight excluding hydrogens is 673 g/mol. The first-order valence-electron chi connectivity index (χ1n) is 13.8. The second-order valence-electron chi connectivity index (χ2n) is 11.2.